The highest BCUT2D eigenvalue weighted by Gasteiger charge is 2.54. The number of ether oxygens (including phenoxy) is 2. The normalized spacial score (nSPS) is 25.5. The standard InChI is InChI=1S/C30H42N4O7/c1-19(28(38)34-24(27(31)37)7-8-26(36)41-17-20-5-3-2-4-6-20)33-25(35)18-40-10-9-32-29(39)30-14-21-11-22(15-30)13-23(12-21)16-30/h2-6,19,21-24H,7-18H2,1H3,(H2,31,37)(H,32,39)(H,33,35)(H,34,38)/t19-,21?,22?,23?,24+,30?/m0/s1. The molecule has 1 aromatic carbocycles. The third-order valence-electron chi connectivity index (χ3n) is 8.60. The first-order valence-corrected chi connectivity index (χ1v) is 14.6. The summed E-state index contributed by atoms with van der Waals surface area (Å²) in [5, 5.41) is 7.98. The van der Waals surface area contributed by atoms with E-state index in [-0.39, 0.29) is 44.0 Å². The number of carbonyl (C=O) groups excluding carboxylic acids is 5. The number of nitrogens with one attached hydrogen (secondary N) is 3. The second kappa shape index (κ2) is 13.9. The molecular formula is C30H42N4O7. The summed E-state index contributed by atoms with van der Waals surface area (Å²) >= 11 is 0. The molecule has 0 radical (unpaired) electrons. The molecule has 4 fully saturated rings. The first kappa shape index (κ1) is 30.5. The summed E-state index contributed by atoms with van der Waals surface area (Å²) in [5.41, 5.74) is 6.00. The van der Waals surface area contributed by atoms with Gasteiger partial charge in [0, 0.05) is 18.4 Å². The van der Waals surface area contributed by atoms with Gasteiger partial charge in [-0.05, 0) is 75.2 Å². The highest BCUT2D eigenvalue weighted by Crippen LogP contribution is 2.60. The topological polar surface area (TPSA) is 166 Å². The van der Waals surface area contributed by atoms with E-state index >= 15 is 0 Å². The summed E-state index contributed by atoms with van der Waals surface area (Å²) in [6.07, 6.45) is 6.63. The van der Waals surface area contributed by atoms with E-state index in [1.54, 1.807) is 0 Å². The van der Waals surface area contributed by atoms with Crippen LogP contribution in [-0.2, 0) is 40.1 Å². The minimum absolute atomic E-state index is 0.0343. The highest BCUT2D eigenvalue weighted by molar-refractivity contribution is 5.91. The molecule has 0 aromatic heterocycles. The lowest BCUT2D eigenvalue weighted by molar-refractivity contribution is -0.146. The van der Waals surface area contributed by atoms with Gasteiger partial charge in [-0.1, -0.05) is 30.3 Å². The summed E-state index contributed by atoms with van der Waals surface area (Å²) in [7, 11) is 0. The molecule has 11 nitrogen and oxygen atoms in total. The average molecular weight is 571 g/mol. The van der Waals surface area contributed by atoms with Gasteiger partial charge in [-0.15, -0.1) is 0 Å². The van der Waals surface area contributed by atoms with Gasteiger partial charge in [-0.2, -0.15) is 0 Å². The molecule has 41 heavy (non-hydrogen) atoms. The molecule has 4 bridgehead atoms. The number of nitrogens with two attached hydrogens (primary N) is 1. The van der Waals surface area contributed by atoms with Crippen molar-refractivity contribution in [1.29, 1.82) is 0 Å². The fourth-order valence-electron chi connectivity index (χ4n) is 6.98. The summed E-state index contributed by atoms with van der Waals surface area (Å²) in [6, 6.07) is 7.10. The smallest absolute Gasteiger partial charge is 0.306 e. The van der Waals surface area contributed by atoms with Crippen molar-refractivity contribution in [3.05, 3.63) is 35.9 Å². The predicted molar refractivity (Wildman–Crippen MR) is 149 cm³/mol. The number of hydrogen-bond acceptors (Lipinski definition) is 7. The molecule has 0 aliphatic heterocycles. The minimum atomic E-state index is -1.10. The Labute approximate surface area is 240 Å². The van der Waals surface area contributed by atoms with Crippen molar-refractivity contribution in [2.75, 3.05) is 19.8 Å². The van der Waals surface area contributed by atoms with Crippen LogP contribution < -0.4 is 21.7 Å². The molecule has 0 unspecified atom stereocenters. The third-order valence-corrected chi connectivity index (χ3v) is 8.60. The van der Waals surface area contributed by atoms with Crippen molar-refractivity contribution >= 4 is 29.6 Å². The Morgan fingerprint density at radius 2 is 1.61 bits per heavy atom. The molecule has 4 amide bonds. The molecular weight excluding hydrogens is 528 g/mol. The van der Waals surface area contributed by atoms with Gasteiger partial charge in [0.15, 0.2) is 0 Å². The van der Waals surface area contributed by atoms with Crippen molar-refractivity contribution in [3.63, 3.8) is 0 Å². The number of esters is 1. The first-order chi connectivity index (χ1) is 19.6. The van der Waals surface area contributed by atoms with Crippen molar-refractivity contribution in [3.8, 4) is 0 Å². The van der Waals surface area contributed by atoms with E-state index in [0.717, 1.165) is 24.8 Å². The van der Waals surface area contributed by atoms with Crippen LogP contribution in [0.25, 0.3) is 0 Å². The summed E-state index contributed by atoms with van der Waals surface area (Å²) < 4.78 is 10.6. The van der Waals surface area contributed by atoms with E-state index in [9.17, 15) is 24.0 Å². The zero-order chi connectivity index (χ0) is 29.4. The van der Waals surface area contributed by atoms with E-state index in [1.807, 2.05) is 30.3 Å². The Morgan fingerprint density at radius 1 is 0.976 bits per heavy atom. The molecule has 1 aromatic rings. The maximum Gasteiger partial charge on any atom is 0.306 e. The second-order valence-electron chi connectivity index (χ2n) is 11.9. The maximum absolute atomic E-state index is 13.0. The van der Waals surface area contributed by atoms with Crippen LogP contribution >= 0.6 is 0 Å². The van der Waals surface area contributed by atoms with Crippen LogP contribution in [0.5, 0.6) is 0 Å². The van der Waals surface area contributed by atoms with Crippen LogP contribution in [0.1, 0.15) is 63.9 Å². The quantitative estimate of drug-likeness (QED) is 0.182. The van der Waals surface area contributed by atoms with Gasteiger partial charge in [0.1, 0.15) is 25.3 Å². The number of rotatable bonds is 15. The monoisotopic (exact) mass is 570 g/mol. The highest BCUT2D eigenvalue weighted by atomic mass is 16.5. The molecule has 11 heteroatoms. The van der Waals surface area contributed by atoms with Crippen LogP contribution in [-0.4, -0.2) is 61.4 Å². The molecule has 2 atom stereocenters. The number of amides is 4. The number of hydrogen-bond donors (Lipinski definition) is 4. The third kappa shape index (κ3) is 8.51. The van der Waals surface area contributed by atoms with E-state index in [2.05, 4.69) is 16.0 Å². The van der Waals surface area contributed by atoms with Crippen molar-refractivity contribution < 1.29 is 33.4 Å². The lowest BCUT2D eigenvalue weighted by Crippen LogP contribution is -2.54. The van der Waals surface area contributed by atoms with E-state index in [4.69, 9.17) is 15.2 Å². The van der Waals surface area contributed by atoms with Crippen LogP contribution in [0.2, 0.25) is 0 Å². The first-order valence-electron chi connectivity index (χ1n) is 14.6. The summed E-state index contributed by atoms with van der Waals surface area (Å²) in [6.45, 7) is 1.78. The Hall–Kier alpha value is -3.47. The molecule has 5 rings (SSSR count). The van der Waals surface area contributed by atoms with Gasteiger partial charge < -0.3 is 31.2 Å². The Morgan fingerprint density at radius 3 is 2.22 bits per heavy atom. The zero-order valence-corrected chi connectivity index (χ0v) is 23.7. The van der Waals surface area contributed by atoms with Crippen molar-refractivity contribution in [2.45, 2.75) is 77.0 Å². The van der Waals surface area contributed by atoms with Gasteiger partial charge in [0.2, 0.25) is 23.6 Å². The van der Waals surface area contributed by atoms with Gasteiger partial charge >= 0.3 is 5.97 Å². The van der Waals surface area contributed by atoms with Crippen molar-refractivity contribution in [2.24, 2.45) is 28.9 Å². The maximum atomic E-state index is 13.0. The molecule has 224 valence electrons. The number of primary amides is 1. The van der Waals surface area contributed by atoms with Gasteiger partial charge in [-0.25, -0.2) is 0 Å². The van der Waals surface area contributed by atoms with Gasteiger partial charge in [-0.3, -0.25) is 24.0 Å². The van der Waals surface area contributed by atoms with Crippen LogP contribution in [0.3, 0.4) is 0 Å². The molecule has 0 heterocycles. The number of carbonyl (C=O) groups is 5. The van der Waals surface area contributed by atoms with Gasteiger partial charge in [0.05, 0.1) is 6.61 Å². The summed E-state index contributed by atoms with van der Waals surface area (Å²) in [4.78, 5) is 61.6. The van der Waals surface area contributed by atoms with Gasteiger partial charge in [0.25, 0.3) is 0 Å². The predicted octanol–water partition coefficient (Wildman–Crippen LogP) is 1.33. The lowest BCUT2D eigenvalue weighted by atomic mass is 9.49. The SMILES string of the molecule is C[C@H](NC(=O)COCCNC(=O)C12CC3CC(CC(C3)C1)C2)C(=O)N[C@H](CCC(=O)OCc1ccccc1)C(N)=O. The lowest BCUT2D eigenvalue weighted by Gasteiger charge is -2.55. The minimum Gasteiger partial charge on any atom is -0.461 e. The van der Waals surface area contributed by atoms with E-state index in [1.165, 1.54) is 26.2 Å². The van der Waals surface area contributed by atoms with E-state index in [0.29, 0.717) is 24.3 Å². The molecule has 0 spiro atoms. The van der Waals surface area contributed by atoms with E-state index < -0.39 is 35.8 Å². The molecule has 5 N–H and O–H groups in total. The molecule has 4 aliphatic carbocycles. The number of benzene rings is 1. The molecule has 4 saturated carbocycles. The fourth-order valence-corrected chi connectivity index (χ4v) is 6.98. The van der Waals surface area contributed by atoms with Crippen LogP contribution in [0, 0.1) is 23.2 Å². The Kier molecular flexibility index (Phi) is 10.4. The fraction of sp³-hybridized carbons (Fsp3) is 0.633. The zero-order valence-electron chi connectivity index (χ0n) is 23.7. The molecule has 0 saturated heterocycles. The largest absolute Gasteiger partial charge is 0.461 e. The van der Waals surface area contributed by atoms with Crippen molar-refractivity contribution in [1.82, 2.24) is 16.0 Å². The van der Waals surface area contributed by atoms with Crippen LogP contribution in [0.15, 0.2) is 30.3 Å². The summed E-state index contributed by atoms with van der Waals surface area (Å²) in [5.74, 6) is -0.290. The average Bonchev–Trinajstić information content (AvgIpc) is 2.93. The Balaban J connectivity index is 1.09. The van der Waals surface area contributed by atoms with Crippen LogP contribution in [0.4, 0.5) is 0 Å². The second-order valence-corrected chi connectivity index (χ2v) is 11.9. The molecule has 4 aliphatic rings. The Bertz CT molecular complexity index is 1070.